The van der Waals surface area contributed by atoms with Crippen LogP contribution in [0, 0.1) is 0 Å². The number of urea groups is 2. The maximum atomic E-state index is 11.8. The molecule has 9 heteroatoms. The van der Waals surface area contributed by atoms with Gasteiger partial charge in [0.2, 0.25) is 5.91 Å². The number of hydrogen-bond acceptors (Lipinski definition) is 4. The molecular weight excluding hydrogens is 314 g/mol. The van der Waals surface area contributed by atoms with Crippen LogP contribution in [0.4, 0.5) is 15.3 Å². The second-order valence-corrected chi connectivity index (χ2v) is 5.59. The average molecular weight is 335 g/mol. The maximum absolute atomic E-state index is 11.8. The topological polar surface area (TPSA) is 137 Å². The number of fused-ring (bicyclic) bond motifs is 1. The van der Waals surface area contributed by atoms with Gasteiger partial charge in [0.15, 0.2) is 0 Å². The molecule has 1 aliphatic heterocycles. The van der Waals surface area contributed by atoms with Gasteiger partial charge in [-0.15, -0.1) is 0 Å². The summed E-state index contributed by atoms with van der Waals surface area (Å²) < 4.78 is 0. The number of aliphatic hydroxyl groups excluding tert-OH is 1. The lowest BCUT2D eigenvalue weighted by Crippen LogP contribution is -2.42. The van der Waals surface area contributed by atoms with Gasteiger partial charge in [0.05, 0.1) is 6.10 Å². The van der Waals surface area contributed by atoms with Crippen molar-refractivity contribution in [2.45, 2.75) is 26.1 Å². The number of nitrogens with two attached hydrogens (primary N) is 1. The molecule has 0 aliphatic carbocycles. The van der Waals surface area contributed by atoms with Crippen molar-refractivity contribution in [3.8, 4) is 0 Å². The van der Waals surface area contributed by atoms with Crippen molar-refractivity contribution in [3.05, 3.63) is 29.3 Å². The van der Waals surface area contributed by atoms with Gasteiger partial charge in [-0.25, -0.2) is 9.59 Å². The third-order valence-electron chi connectivity index (χ3n) is 3.64. The fourth-order valence-electron chi connectivity index (χ4n) is 2.37. The summed E-state index contributed by atoms with van der Waals surface area (Å²) in [6.07, 6.45) is -0.938. The maximum Gasteiger partial charge on any atom is 0.319 e. The zero-order valence-corrected chi connectivity index (χ0v) is 13.3. The lowest BCUT2D eigenvalue weighted by Gasteiger charge is -2.13. The van der Waals surface area contributed by atoms with E-state index in [0.717, 1.165) is 11.1 Å². The van der Waals surface area contributed by atoms with E-state index >= 15 is 0 Å². The largest absolute Gasteiger partial charge is 0.389 e. The standard InChI is InChI=1S/C15H21N5O4/c1-9(21)20-7-10-2-3-12(4-11(10)8-20)19-15(24)18-6-13(22)5-17-14(16)23/h2-4,13,22H,5-8H2,1H3,(H3,16,17,23)(H2,18,19,24). The van der Waals surface area contributed by atoms with E-state index in [2.05, 4.69) is 16.0 Å². The van der Waals surface area contributed by atoms with E-state index in [1.807, 2.05) is 12.1 Å². The van der Waals surface area contributed by atoms with Crippen LogP contribution in [0.2, 0.25) is 0 Å². The van der Waals surface area contributed by atoms with Crippen LogP contribution in [0.3, 0.4) is 0 Å². The highest BCUT2D eigenvalue weighted by Gasteiger charge is 2.21. The number of nitrogens with zero attached hydrogens (tertiary/aromatic N) is 1. The molecule has 24 heavy (non-hydrogen) atoms. The molecule has 5 amide bonds. The Bertz CT molecular complexity index is 649. The van der Waals surface area contributed by atoms with Crippen LogP contribution in [-0.4, -0.2) is 47.2 Å². The molecule has 0 aromatic heterocycles. The van der Waals surface area contributed by atoms with Crippen LogP contribution in [0.5, 0.6) is 0 Å². The Balaban J connectivity index is 1.82. The Morgan fingerprint density at radius 1 is 1.21 bits per heavy atom. The summed E-state index contributed by atoms with van der Waals surface area (Å²) in [5, 5.41) is 17.0. The van der Waals surface area contributed by atoms with Crippen molar-refractivity contribution in [3.63, 3.8) is 0 Å². The Hall–Kier alpha value is -2.81. The van der Waals surface area contributed by atoms with E-state index < -0.39 is 18.2 Å². The van der Waals surface area contributed by atoms with Gasteiger partial charge < -0.3 is 31.7 Å². The molecule has 0 saturated heterocycles. The molecule has 6 N–H and O–H groups in total. The van der Waals surface area contributed by atoms with E-state index in [0.29, 0.717) is 18.8 Å². The van der Waals surface area contributed by atoms with Crippen molar-refractivity contribution < 1.29 is 19.5 Å². The minimum Gasteiger partial charge on any atom is -0.389 e. The van der Waals surface area contributed by atoms with Gasteiger partial charge in [-0.3, -0.25) is 4.79 Å². The van der Waals surface area contributed by atoms with E-state index in [-0.39, 0.29) is 19.0 Å². The Labute approximate surface area is 139 Å². The predicted octanol–water partition coefficient (Wildman–Crippen LogP) is -0.301. The number of nitrogens with one attached hydrogen (secondary N) is 3. The molecule has 1 atom stereocenters. The van der Waals surface area contributed by atoms with Crippen molar-refractivity contribution in [2.24, 2.45) is 5.73 Å². The van der Waals surface area contributed by atoms with Crippen LogP contribution in [0.1, 0.15) is 18.1 Å². The molecule has 0 bridgehead atoms. The normalized spacial score (nSPS) is 13.8. The van der Waals surface area contributed by atoms with Crippen LogP contribution >= 0.6 is 0 Å². The fraction of sp³-hybridized carbons (Fsp3) is 0.400. The van der Waals surface area contributed by atoms with Crippen LogP contribution in [-0.2, 0) is 17.9 Å². The summed E-state index contributed by atoms with van der Waals surface area (Å²) in [4.78, 5) is 35.5. The molecule has 1 unspecified atom stereocenters. The van der Waals surface area contributed by atoms with Crippen LogP contribution in [0.15, 0.2) is 18.2 Å². The molecule has 0 saturated carbocycles. The quantitative estimate of drug-likeness (QED) is 0.504. The van der Waals surface area contributed by atoms with E-state index in [1.54, 1.807) is 11.0 Å². The monoisotopic (exact) mass is 335 g/mol. The molecule has 130 valence electrons. The number of carbonyl (C=O) groups excluding carboxylic acids is 3. The molecular formula is C15H21N5O4. The summed E-state index contributed by atoms with van der Waals surface area (Å²) >= 11 is 0. The summed E-state index contributed by atoms with van der Waals surface area (Å²) in [6.45, 7) is 2.55. The van der Waals surface area contributed by atoms with Gasteiger partial charge in [0, 0.05) is 38.8 Å². The summed E-state index contributed by atoms with van der Waals surface area (Å²) in [5.41, 5.74) is 7.54. The number of rotatable bonds is 5. The fourth-order valence-corrected chi connectivity index (χ4v) is 2.37. The van der Waals surface area contributed by atoms with Gasteiger partial charge >= 0.3 is 12.1 Å². The molecule has 9 nitrogen and oxygen atoms in total. The van der Waals surface area contributed by atoms with E-state index in [9.17, 15) is 19.5 Å². The number of hydrogen-bond donors (Lipinski definition) is 5. The highest BCUT2D eigenvalue weighted by Crippen LogP contribution is 2.25. The van der Waals surface area contributed by atoms with Gasteiger partial charge in [0.25, 0.3) is 0 Å². The van der Waals surface area contributed by atoms with Gasteiger partial charge in [-0.05, 0) is 23.3 Å². The molecule has 2 rings (SSSR count). The molecule has 0 fully saturated rings. The van der Waals surface area contributed by atoms with Crippen molar-refractivity contribution >= 4 is 23.7 Å². The first-order chi connectivity index (χ1) is 11.3. The lowest BCUT2D eigenvalue weighted by atomic mass is 10.1. The van der Waals surface area contributed by atoms with Crippen molar-refractivity contribution in [1.29, 1.82) is 0 Å². The van der Waals surface area contributed by atoms with Crippen molar-refractivity contribution in [1.82, 2.24) is 15.5 Å². The first-order valence-corrected chi connectivity index (χ1v) is 7.48. The molecule has 1 heterocycles. The van der Waals surface area contributed by atoms with Gasteiger partial charge in [-0.2, -0.15) is 0 Å². The average Bonchev–Trinajstić information content (AvgIpc) is 2.94. The van der Waals surface area contributed by atoms with E-state index in [1.165, 1.54) is 6.92 Å². The molecule has 0 spiro atoms. The first kappa shape index (κ1) is 17.5. The number of amides is 5. The Kier molecular flexibility index (Phi) is 5.59. The first-order valence-electron chi connectivity index (χ1n) is 7.48. The molecule has 0 radical (unpaired) electrons. The number of benzene rings is 1. The molecule has 1 aromatic rings. The number of primary amides is 1. The van der Waals surface area contributed by atoms with Crippen LogP contribution in [0.25, 0.3) is 0 Å². The molecule has 1 aliphatic rings. The predicted molar refractivity (Wildman–Crippen MR) is 87.0 cm³/mol. The minimum absolute atomic E-state index is 0.0111. The number of aliphatic hydroxyl groups is 1. The zero-order valence-electron chi connectivity index (χ0n) is 13.3. The Morgan fingerprint density at radius 3 is 2.54 bits per heavy atom. The number of anilines is 1. The highest BCUT2D eigenvalue weighted by molar-refractivity contribution is 5.89. The highest BCUT2D eigenvalue weighted by atomic mass is 16.3. The smallest absolute Gasteiger partial charge is 0.319 e. The lowest BCUT2D eigenvalue weighted by molar-refractivity contribution is -0.129. The second kappa shape index (κ2) is 7.64. The summed E-state index contributed by atoms with van der Waals surface area (Å²) in [5.74, 6) is 0.0111. The Morgan fingerprint density at radius 2 is 1.88 bits per heavy atom. The number of carbonyl (C=O) groups is 3. The van der Waals surface area contributed by atoms with E-state index in [4.69, 9.17) is 5.73 Å². The van der Waals surface area contributed by atoms with Crippen LogP contribution < -0.4 is 21.7 Å². The SMILES string of the molecule is CC(=O)N1Cc2ccc(NC(=O)NCC(O)CNC(N)=O)cc2C1. The zero-order chi connectivity index (χ0) is 17.7. The third kappa shape index (κ3) is 4.85. The minimum atomic E-state index is -0.938. The third-order valence-corrected chi connectivity index (χ3v) is 3.64. The molecule has 1 aromatic carbocycles. The second-order valence-electron chi connectivity index (χ2n) is 5.59. The summed E-state index contributed by atoms with van der Waals surface area (Å²) in [6, 6.07) is 4.24. The summed E-state index contributed by atoms with van der Waals surface area (Å²) in [7, 11) is 0. The van der Waals surface area contributed by atoms with Gasteiger partial charge in [0.1, 0.15) is 0 Å². The van der Waals surface area contributed by atoms with Crippen molar-refractivity contribution in [2.75, 3.05) is 18.4 Å². The van der Waals surface area contributed by atoms with Gasteiger partial charge in [-0.1, -0.05) is 6.07 Å².